The summed E-state index contributed by atoms with van der Waals surface area (Å²) in [6, 6.07) is 8.04. The van der Waals surface area contributed by atoms with Gasteiger partial charge in [-0.2, -0.15) is 0 Å². The molecule has 0 bridgehead atoms. The van der Waals surface area contributed by atoms with Gasteiger partial charge in [0, 0.05) is 6.54 Å². The molecule has 0 atom stereocenters. The summed E-state index contributed by atoms with van der Waals surface area (Å²) in [5.41, 5.74) is 1.22. The monoisotopic (exact) mass is 249 g/mol. The lowest BCUT2D eigenvalue weighted by atomic mass is 10.2. The van der Waals surface area contributed by atoms with Crippen molar-refractivity contribution in [1.29, 1.82) is 0 Å². The minimum Gasteiger partial charge on any atom is -0.497 e. The van der Waals surface area contributed by atoms with Gasteiger partial charge in [0.05, 0.1) is 13.4 Å². The number of ether oxygens (including phenoxy) is 1. The molecule has 17 heavy (non-hydrogen) atoms. The molecule has 5 heteroatoms. The number of aliphatic imine (C=N–C) groups is 2. The van der Waals surface area contributed by atoms with Gasteiger partial charge in [0.15, 0.2) is 5.17 Å². The Morgan fingerprint density at radius 3 is 2.65 bits per heavy atom. The van der Waals surface area contributed by atoms with Gasteiger partial charge in [-0.05, 0) is 24.0 Å². The molecule has 1 aromatic rings. The minimum absolute atomic E-state index is 0.672. The molecule has 0 fully saturated rings. The molecule has 1 aromatic carbocycles. The Hall–Kier alpha value is -1.49. The van der Waals surface area contributed by atoms with Crippen LogP contribution in [0.4, 0.5) is 0 Å². The summed E-state index contributed by atoms with van der Waals surface area (Å²) in [7, 11) is 1.67. The Balaban J connectivity index is 1.94. The molecule has 1 aliphatic heterocycles. The highest BCUT2D eigenvalue weighted by Gasteiger charge is 2.06. The smallest absolute Gasteiger partial charge is 0.185 e. The van der Waals surface area contributed by atoms with Crippen LogP contribution >= 0.6 is 11.8 Å². The molecule has 0 aliphatic carbocycles. The van der Waals surface area contributed by atoms with Crippen LogP contribution in [0.2, 0.25) is 0 Å². The van der Waals surface area contributed by atoms with Crippen molar-refractivity contribution in [3.8, 4) is 5.75 Å². The van der Waals surface area contributed by atoms with Crippen molar-refractivity contribution in [2.45, 2.75) is 6.54 Å². The third kappa shape index (κ3) is 3.23. The largest absolute Gasteiger partial charge is 0.497 e. The van der Waals surface area contributed by atoms with E-state index in [0.717, 1.165) is 17.5 Å². The van der Waals surface area contributed by atoms with Gasteiger partial charge in [-0.3, -0.25) is 0 Å². The number of thioether (sulfide) groups is 1. The highest BCUT2D eigenvalue weighted by atomic mass is 32.2. The molecule has 90 valence electrons. The van der Waals surface area contributed by atoms with E-state index in [0.29, 0.717) is 6.67 Å². The Morgan fingerprint density at radius 1 is 1.35 bits per heavy atom. The Bertz CT molecular complexity index is 428. The fraction of sp³-hybridized carbons (Fsp3) is 0.333. The van der Waals surface area contributed by atoms with Crippen molar-refractivity contribution < 1.29 is 4.74 Å². The van der Waals surface area contributed by atoms with E-state index in [1.807, 2.05) is 24.7 Å². The second kappa shape index (κ2) is 5.72. The van der Waals surface area contributed by atoms with Crippen LogP contribution < -0.4 is 4.74 Å². The summed E-state index contributed by atoms with van der Waals surface area (Å²) in [4.78, 5) is 10.7. The first-order valence-electron chi connectivity index (χ1n) is 5.31. The van der Waals surface area contributed by atoms with E-state index < -0.39 is 0 Å². The van der Waals surface area contributed by atoms with Gasteiger partial charge in [0.25, 0.3) is 0 Å². The first-order chi connectivity index (χ1) is 8.31. The molecule has 0 saturated carbocycles. The topological polar surface area (TPSA) is 37.2 Å². The Labute approximate surface area is 105 Å². The molecule has 1 aliphatic rings. The predicted octanol–water partition coefficient (Wildman–Crippen LogP) is 2.22. The van der Waals surface area contributed by atoms with Crippen LogP contribution in [-0.4, -0.2) is 36.4 Å². The van der Waals surface area contributed by atoms with Gasteiger partial charge >= 0.3 is 0 Å². The second-order valence-corrected chi connectivity index (χ2v) is 4.40. The van der Waals surface area contributed by atoms with Crippen molar-refractivity contribution >= 4 is 23.3 Å². The molecular weight excluding hydrogens is 234 g/mol. The number of amidine groups is 1. The number of nitrogens with zero attached hydrogens (tertiary/aromatic N) is 3. The lowest BCUT2D eigenvalue weighted by molar-refractivity contribution is 0.413. The van der Waals surface area contributed by atoms with Crippen LogP contribution in [0, 0.1) is 0 Å². The van der Waals surface area contributed by atoms with Crippen LogP contribution in [0.5, 0.6) is 5.75 Å². The van der Waals surface area contributed by atoms with E-state index in [-0.39, 0.29) is 0 Å². The van der Waals surface area contributed by atoms with Crippen LogP contribution in [0.15, 0.2) is 34.3 Å². The summed E-state index contributed by atoms with van der Waals surface area (Å²) in [6.45, 7) is 1.49. The maximum atomic E-state index is 5.12. The normalized spacial score (nSPS) is 14.7. The molecule has 0 amide bonds. The zero-order valence-electron chi connectivity index (χ0n) is 9.96. The number of rotatable bonds is 3. The summed E-state index contributed by atoms with van der Waals surface area (Å²) < 4.78 is 5.12. The first kappa shape index (κ1) is 12.0. The van der Waals surface area contributed by atoms with E-state index in [4.69, 9.17) is 4.74 Å². The van der Waals surface area contributed by atoms with Crippen LogP contribution in [0.25, 0.3) is 0 Å². The quantitative estimate of drug-likeness (QED) is 0.824. The van der Waals surface area contributed by atoms with Gasteiger partial charge in [0.2, 0.25) is 0 Å². The number of hydrogen-bond donors (Lipinski definition) is 0. The van der Waals surface area contributed by atoms with E-state index in [9.17, 15) is 0 Å². The predicted molar refractivity (Wildman–Crippen MR) is 72.8 cm³/mol. The zero-order chi connectivity index (χ0) is 12.1. The maximum absolute atomic E-state index is 5.12. The Kier molecular flexibility index (Phi) is 4.03. The third-order valence-electron chi connectivity index (χ3n) is 2.45. The van der Waals surface area contributed by atoms with Crippen LogP contribution in [0.3, 0.4) is 0 Å². The highest BCUT2D eigenvalue weighted by molar-refractivity contribution is 8.13. The summed E-state index contributed by atoms with van der Waals surface area (Å²) in [5, 5.41) is 0.844. The molecule has 0 radical (unpaired) electrons. The molecular formula is C12H15N3OS. The fourth-order valence-corrected chi connectivity index (χ4v) is 1.87. The average molecular weight is 249 g/mol. The fourth-order valence-electron chi connectivity index (χ4n) is 1.53. The van der Waals surface area contributed by atoms with Gasteiger partial charge in [0.1, 0.15) is 12.4 Å². The van der Waals surface area contributed by atoms with E-state index in [2.05, 4.69) is 27.0 Å². The van der Waals surface area contributed by atoms with Crippen molar-refractivity contribution in [2.24, 2.45) is 9.98 Å². The van der Waals surface area contributed by atoms with Crippen molar-refractivity contribution in [3.63, 3.8) is 0 Å². The van der Waals surface area contributed by atoms with Crippen LogP contribution in [0.1, 0.15) is 5.56 Å². The molecule has 0 saturated heterocycles. The average Bonchev–Trinajstić information content (AvgIpc) is 2.40. The third-order valence-corrected chi connectivity index (χ3v) is 3.05. The summed E-state index contributed by atoms with van der Waals surface area (Å²) in [5.74, 6) is 0.878. The van der Waals surface area contributed by atoms with E-state index >= 15 is 0 Å². The van der Waals surface area contributed by atoms with Gasteiger partial charge in [-0.1, -0.05) is 23.9 Å². The second-order valence-electron chi connectivity index (χ2n) is 3.63. The Morgan fingerprint density at radius 2 is 2.12 bits per heavy atom. The van der Waals surface area contributed by atoms with Gasteiger partial charge < -0.3 is 9.64 Å². The standard InChI is InChI=1S/C12H15N3OS/c1-16-11-5-3-10(4-6-11)7-15-8-13-12(17-2)14-9-15/h3-6,8H,7,9H2,1-2H3. The first-order valence-corrected chi connectivity index (χ1v) is 6.54. The van der Waals surface area contributed by atoms with E-state index in [1.54, 1.807) is 18.9 Å². The van der Waals surface area contributed by atoms with Crippen LogP contribution in [-0.2, 0) is 6.54 Å². The SMILES string of the molecule is COc1ccc(CN2C=NC(SC)=NC2)cc1. The zero-order valence-corrected chi connectivity index (χ0v) is 10.8. The number of hydrogen-bond acceptors (Lipinski definition) is 5. The lowest BCUT2D eigenvalue weighted by Crippen LogP contribution is -2.25. The molecule has 0 unspecified atom stereocenters. The van der Waals surface area contributed by atoms with Gasteiger partial charge in [-0.25, -0.2) is 9.98 Å². The molecule has 0 aromatic heterocycles. The molecule has 1 heterocycles. The minimum atomic E-state index is 0.672. The summed E-state index contributed by atoms with van der Waals surface area (Å²) in [6.07, 6.45) is 3.83. The molecule has 0 spiro atoms. The van der Waals surface area contributed by atoms with E-state index in [1.165, 1.54) is 5.56 Å². The van der Waals surface area contributed by atoms with Gasteiger partial charge in [-0.15, -0.1) is 0 Å². The lowest BCUT2D eigenvalue weighted by Gasteiger charge is -2.20. The highest BCUT2D eigenvalue weighted by Crippen LogP contribution is 2.13. The summed E-state index contributed by atoms with van der Waals surface area (Å²) >= 11 is 1.57. The molecule has 2 rings (SSSR count). The molecule has 0 N–H and O–H groups in total. The van der Waals surface area contributed by atoms with Crippen molar-refractivity contribution in [1.82, 2.24) is 4.90 Å². The van der Waals surface area contributed by atoms with Crippen molar-refractivity contribution in [2.75, 3.05) is 20.0 Å². The number of methoxy groups -OCH3 is 1. The maximum Gasteiger partial charge on any atom is 0.185 e. The van der Waals surface area contributed by atoms with Crippen molar-refractivity contribution in [3.05, 3.63) is 29.8 Å². The molecule has 4 nitrogen and oxygen atoms in total. The number of benzene rings is 1.